The van der Waals surface area contributed by atoms with E-state index in [-0.39, 0.29) is 17.7 Å². The van der Waals surface area contributed by atoms with Crippen LogP contribution in [0.15, 0.2) is 52.4 Å². The number of benzene rings is 2. The van der Waals surface area contributed by atoms with Gasteiger partial charge in [-0.15, -0.1) is 0 Å². The summed E-state index contributed by atoms with van der Waals surface area (Å²) in [4.78, 5) is 4.80. The topological polar surface area (TPSA) is 77.0 Å². The van der Waals surface area contributed by atoms with Crippen molar-refractivity contribution >= 4 is 15.9 Å². The highest BCUT2D eigenvalue weighted by Gasteiger charge is 2.30. The SMILES string of the molecule is CC(N=C1NS(=O)(=O)c2ccccc21)c1ccc2c(c1)OCO2. The first-order valence-corrected chi connectivity index (χ1v) is 8.62. The Bertz CT molecular complexity index is 921. The van der Waals surface area contributed by atoms with Crippen LogP contribution < -0.4 is 14.2 Å². The van der Waals surface area contributed by atoms with Crippen molar-refractivity contribution in [1.82, 2.24) is 4.72 Å². The molecule has 6 nitrogen and oxygen atoms in total. The first-order chi connectivity index (χ1) is 11.0. The van der Waals surface area contributed by atoms with Gasteiger partial charge in [-0.3, -0.25) is 9.71 Å². The summed E-state index contributed by atoms with van der Waals surface area (Å²) < 4.78 is 37.4. The number of aliphatic imine (C=N–C) groups is 1. The van der Waals surface area contributed by atoms with E-state index < -0.39 is 10.0 Å². The number of rotatable bonds is 2. The number of hydrogen-bond donors (Lipinski definition) is 1. The molecule has 0 aromatic heterocycles. The molecule has 0 fully saturated rings. The summed E-state index contributed by atoms with van der Waals surface area (Å²) in [6, 6.07) is 12.2. The number of amidine groups is 1. The summed E-state index contributed by atoms with van der Waals surface area (Å²) >= 11 is 0. The first-order valence-electron chi connectivity index (χ1n) is 7.14. The van der Waals surface area contributed by atoms with Crippen molar-refractivity contribution in [2.75, 3.05) is 6.79 Å². The van der Waals surface area contributed by atoms with Gasteiger partial charge >= 0.3 is 0 Å². The lowest BCUT2D eigenvalue weighted by Crippen LogP contribution is -2.22. The quantitative estimate of drug-likeness (QED) is 0.916. The van der Waals surface area contributed by atoms with Gasteiger partial charge in [0.05, 0.1) is 10.9 Å². The lowest BCUT2D eigenvalue weighted by Gasteiger charge is -2.09. The smallest absolute Gasteiger partial charge is 0.263 e. The van der Waals surface area contributed by atoms with Gasteiger partial charge in [0.25, 0.3) is 10.0 Å². The molecule has 2 heterocycles. The number of hydrogen-bond acceptors (Lipinski definition) is 5. The Morgan fingerprint density at radius 3 is 2.78 bits per heavy atom. The molecule has 7 heteroatoms. The molecule has 2 aromatic carbocycles. The van der Waals surface area contributed by atoms with Crippen LogP contribution in [0.4, 0.5) is 0 Å². The second-order valence-electron chi connectivity index (χ2n) is 5.37. The second-order valence-corrected chi connectivity index (χ2v) is 7.02. The zero-order valence-corrected chi connectivity index (χ0v) is 13.1. The number of nitrogens with zero attached hydrogens (tertiary/aromatic N) is 1. The zero-order valence-electron chi connectivity index (χ0n) is 12.3. The Morgan fingerprint density at radius 1 is 1.13 bits per heavy atom. The molecule has 0 spiro atoms. The minimum atomic E-state index is -3.52. The number of fused-ring (bicyclic) bond motifs is 2. The van der Waals surface area contributed by atoms with Gasteiger partial charge in [-0.05, 0) is 36.8 Å². The molecule has 0 aliphatic carbocycles. The Morgan fingerprint density at radius 2 is 1.91 bits per heavy atom. The predicted octanol–water partition coefficient (Wildman–Crippen LogP) is 2.21. The van der Waals surface area contributed by atoms with Crippen LogP contribution in [0.1, 0.15) is 24.1 Å². The van der Waals surface area contributed by atoms with Crippen molar-refractivity contribution < 1.29 is 17.9 Å². The summed E-state index contributed by atoms with van der Waals surface area (Å²) in [6.07, 6.45) is 0. The predicted molar refractivity (Wildman–Crippen MR) is 84.3 cm³/mol. The Hall–Kier alpha value is -2.54. The maximum atomic E-state index is 12.1. The number of nitrogens with one attached hydrogen (secondary N) is 1. The molecule has 118 valence electrons. The molecule has 1 N–H and O–H groups in total. The fourth-order valence-corrected chi connectivity index (χ4v) is 3.91. The van der Waals surface area contributed by atoms with E-state index in [1.54, 1.807) is 24.3 Å². The Labute approximate surface area is 133 Å². The third-order valence-electron chi connectivity index (χ3n) is 3.86. The number of ether oxygens (including phenoxy) is 2. The molecule has 4 rings (SSSR count). The van der Waals surface area contributed by atoms with Crippen LogP contribution in [0.25, 0.3) is 0 Å². The minimum Gasteiger partial charge on any atom is -0.454 e. The summed E-state index contributed by atoms with van der Waals surface area (Å²) in [7, 11) is -3.52. The van der Waals surface area contributed by atoms with Crippen LogP contribution in [-0.4, -0.2) is 21.0 Å². The van der Waals surface area contributed by atoms with Crippen LogP contribution in [0.5, 0.6) is 11.5 Å². The van der Waals surface area contributed by atoms with Gasteiger partial charge in [-0.2, -0.15) is 0 Å². The van der Waals surface area contributed by atoms with Gasteiger partial charge in [-0.1, -0.05) is 18.2 Å². The van der Waals surface area contributed by atoms with Crippen LogP contribution >= 0.6 is 0 Å². The molecule has 0 radical (unpaired) electrons. The summed E-state index contributed by atoms with van der Waals surface area (Å²) in [5.74, 6) is 1.76. The Balaban J connectivity index is 1.71. The van der Waals surface area contributed by atoms with Crippen molar-refractivity contribution in [3.63, 3.8) is 0 Å². The van der Waals surface area contributed by atoms with Gasteiger partial charge < -0.3 is 9.47 Å². The zero-order chi connectivity index (χ0) is 16.0. The maximum Gasteiger partial charge on any atom is 0.263 e. The molecule has 23 heavy (non-hydrogen) atoms. The van der Waals surface area contributed by atoms with E-state index in [0.29, 0.717) is 22.9 Å². The highest BCUT2D eigenvalue weighted by atomic mass is 32.2. The molecule has 2 aliphatic rings. The fourth-order valence-electron chi connectivity index (χ4n) is 2.67. The average Bonchev–Trinajstić information content (AvgIpc) is 3.10. The molecular weight excluding hydrogens is 316 g/mol. The maximum absolute atomic E-state index is 12.1. The van der Waals surface area contributed by atoms with E-state index in [1.165, 1.54) is 0 Å². The van der Waals surface area contributed by atoms with Crippen LogP contribution in [-0.2, 0) is 10.0 Å². The van der Waals surface area contributed by atoms with Crippen molar-refractivity contribution in [3.05, 3.63) is 53.6 Å². The molecule has 0 amide bonds. The van der Waals surface area contributed by atoms with Crippen molar-refractivity contribution in [2.24, 2.45) is 4.99 Å². The van der Waals surface area contributed by atoms with Gasteiger partial charge in [0.1, 0.15) is 5.84 Å². The lowest BCUT2D eigenvalue weighted by atomic mass is 10.1. The van der Waals surface area contributed by atoms with E-state index in [2.05, 4.69) is 9.71 Å². The van der Waals surface area contributed by atoms with Crippen LogP contribution in [0.3, 0.4) is 0 Å². The third-order valence-corrected chi connectivity index (χ3v) is 5.26. The highest BCUT2D eigenvalue weighted by Crippen LogP contribution is 2.35. The first kappa shape index (κ1) is 14.1. The normalized spacial score (nSPS) is 20.1. The van der Waals surface area contributed by atoms with Gasteiger partial charge in [0.2, 0.25) is 6.79 Å². The van der Waals surface area contributed by atoms with Gasteiger partial charge in [-0.25, -0.2) is 8.42 Å². The van der Waals surface area contributed by atoms with E-state index in [0.717, 1.165) is 5.56 Å². The fraction of sp³-hybridized carbons (Fsp3) is 0.188. The molecular formula is C16H14N2O4S. The van der Waals surface area contributed by atoms with Gasteiger partial charge in [0.15, 0.2) is 11.5 Å². The van der Waals surface area contributed by atoms with E-state index in [9.17, 15) is 8.42 Å². The average molecular weight is 330 g/mol. The van der Waals surface area contributed by atoms with Crippen molar-refractivity contribution in [1.29, 1.82) is 0 Å². The van der Waals surface area contributed by atoms with Crippen molar-refractivity contribution in [2.45, 2.75) is 17.9 Å². The minimum absolute atomic E-state index is 0.217. The molecule has 2 aliphatic heterocycles. The van der Waals surface area contributed by atoms with E-state index >= 15 is 0 Å². The second kappa shape index (κ2) is 4.99. The largest absolute Gasteiger partial charge is 0.454 e. The molecule has 1 atom stereocenters. The lowest BCUT2D eigenvalue weighted by molar-refractivity contribution is 0.174. The van der Waals surface area contributed by atoms with E-state index in [1.807, 2.05) is 25.1 Å². The van der Waals surface area contributed by atoms with Crippen LogP contribution in [0, 0.1) is 0 Å². The Kier molecular flexibility index (Phi) is 3.05. The standard InChI is InChI=1S/C16H14N2O4S/c1-10(11-6-7-13-14(8-11)22-9-21-13)17-16-12-4-2-3-5-15(12)23(19,20)18-16/h2-8,10H,9H2,1H3,(H,17,18). The number of sulfonamides is 1. The molecule has 0 bridgehead atoms. The summed E-state index contributed by atoms with van der Waals surface area (Å²) in [6.45, 7) is 2.12. The van der Waals surface area contributed by atoms with E-state index in [4.69, 9.17) is 9.47 Å². The van der Waals surface area contributed by atoms with Crippen molar-refractivity contribution in [3.8, 4) is 11.5 Å². The van der Waals surface area contributed by atoms with Crippen LogP contribution in [0.2, 0.25) is 0 Å². The highest BCUT2D eigenvalue weighted by molar-refractivity contribution is 7.90. The third kappa shape index (κ3) is 2.33. The van der Waals surface area contributed by atoms with Gasteiger partial charge in [0, 0.05) is 5.56 Å². The summed E-state index contributed by atoms with van der Waals surface area (Å²) in [5.41, 5.74) is 1.52. The molecule has 1 unspecified atom stereocenters. The molecule has 2 aromatic rings. The monoisotopic (exact) mass is 330 g/mol. The molecule has 0 saturated carbocycles. The summed E-state index contributed by atoms with van der Waals surface area (Å²) in [5, 5.41) is 0. The molecule has 0 saturated heterocycles.